The summed E-state index contributed by atoms with van der Waals surface area (Å²) in [7, 11) is 0. The fourth-order valence-electron chi connectivity index (χ4n) is 2.70. The van der Waals surface area contributed by atoms with E-state index in [2.05, 4.69) is 45.2 Å². The quantitative estimate of drug-likeness (QED) is 0.259. The van der Waals surface area contributed by atoms with Crippen molar-refractivity contribution in [1.82, 2.24) is 4.90 Å². The van der Waals surface area contributed by atoms with Gasteiger partial charge >= 0.3 is 0 Å². The number of carbonyl (C=O) groups is 2. The van der Waals surface area contributed by atoms with E-state index >= 15 is 0 Å². The van der Waals surface area contributed by atoms with Crippen LogP contribution in [0, 0.1) is 13.0 Å². The summed E-state index contributed by atoms with van der Waals surface area (Å²) in [5, 5.41) is -0.210. The maximum Gasteiger partial charge on any atom is 0.293 e. The molecule has 1 aliphatic heterocycles. The molecule has 8 heteroatoms. The molecule has 0 bridgehead atoms. The van der Waals surface area contributed by atoms with Gasteiger partial charge in [0.05, 0.1) is 12.0 Å². The molecule has 2 aromatic rings. The molecule has 1 heterocycles. The molecule has 2 aromatic carbocycles. The normalized spacial score (nSPS) is 15.4. The lowest BCUT2D eigenvalue weighted by Gasteiger charge is -2.12. The Kier molecular flexibility index (Phi) is 7.97. The van der Waals surface area contributed by atoms with Crippen LogP contribution in [0.4, 0.5) is 9.18 Å². The highest BCUT2D eigenvalue weighted by atomic mass is 127. The van der Waals surface area contributed by atoms with Gasteiger partial charge in [-0.3, -0.25) is 14.5 Å². The molecule has 1 saturated heterocycles. The van der Waals surface area contributed by atoms with Crippen LogP contribution in [-0.4, -0.2) is 22.6 Å². The van der Waals surface area contributed by atoms with Gasteiger partial charge in [0, 0.05) is 6.54 Å². The predicted octanol–water partition coefficient (Wildman–Crippen LogP) is 6.45. The standard InChI is InChI=1S/C21H18FI2NO3S/c1-2-3-8-25-20(26)18(29-21(25)27)11-14-9-16(23)19(17(24)10-14)28-12-13-4-6-15(22)7-5-13/h4-7,9-11H,2-3,8,12H2,1H3/b18-11-. The van der Waals surface area contributed by atoms with Gasteiger partial charge in [0.2, 0.25) is 0 Å². The molecule has 3 rings (SSSR count). The van der Waals surface area contributed by atoms with E-state index < -0.39 is 0 Å². The molecule has 152 valence electrons. The molecular weight excluding hydrogens is 619 g/mol. The molecule has 0 N–H and O–H groups in total. The molecule has 2 amide bonds. The summed E-state index contributed by atoms with van der Waals surface area (Å²) in [6, 6.07) is 10.0. The average molecular weight is 637 g/mol. The fourth-order valence-corrected chi connectivity index (χ4v) is 5.69. The summed E-state index contributed by atoms with van der Waals surface area (Å²) in [5.74, 6) is 0.236. The van der Waals surface area contributed by atoms with Crippen molar-refractivity contribution in [3.63, 3.8) is 0 Å². The van der Waals surface area contributed by atoms with Crippen LogP contribution in [0.5, 0.6) is 5.75 Å². The highest BCUT2D eigenvalue weighted by molar-refractivity contribution is 14.1. The minimum Gasteiger partial charge on any atom is -0.487 e. The summed E-state index contributed by atoms with van der Waals surface area (Å²) >= 11 is 5.36. The summed E-state index contributed by atoms with van der Waals surface area (Å²) in [6.45, 7) is 2.82. The maximum absolute atomic E-state index is 13.0. The Balaban J connectivity index is 1.75. The predicted molar refractivity (Wildman–Crippen MR) is 130 cm³/mol. The van der Waals surface area contributed by atoms with Crippen molar-refractivity contribution in [2.24, 2.45) is 0 Å². The first-order valence-corrected chi connectivity index (χ1v) is 12.0. The third kappa shape index (κ3) is 5.72. The van der Waals surface area contributed by atoms with Gasteiger partial charge < -0.3 is 4.74 Å². The monoisotopic (exact) mass is 637 g/mol. The van der Waals surface area contributed by atoms with E-state index in [0.717, 1.165) is 48.6 Å². The molecule has 1 aliphatic rings. The molecule has 29 heavy (non-hydrogen) atoms. The number of hydrogen-bond donors (Lipinski definition) is 0. The minimum absolute atomic E-state index is 0.210. The number of amides is 2. The second-order valence-electron chi connectivity index (χ2n) is 6.42. The van der Waals surface area contributed by atoms with Gasteiger partial charge in [-0.2, -0.15) is 0 Å². The second-order valence-corrected chi connectivity index (χ2v) is 9.73. The largest absolute Gasteiger partial charge is 0.487 e. The number of ether oxygens (including phenoxy) is 1. The number of nitrogens with zero attached hydrogens (tertiary/aromatic N) is 1. The van der Waals surface area contributed by atoms with E-state index in [1.165, 1.54) is 17.0 Å². The molecule has 0 aromatic heterocycles. The van der Waals surface area contributed by atoms with E-state index in [1.54, 1.807) is 18.2 Å². The second kappa shape index (κ2) is 10.3. The average Bonchev–Trinajstić information content (AvgIpc) is 2.94. The first-order valence-electron chi connectivity index (χ1n) is 9.00. The summed E-state index contributed by atoms with van der Waals surface area (Å²) < 4.78 is 20.7. The number of rotatable bonds is 7. The van der Waals surface area contributed by atoms with Gasteiger partial charge in [0.15, 0.2) is 0 Å². The van der Waals surface area contributed by atoms with E-state index in [0.29, 0.717) is 18.1 Å². The van der Waals surface area contributed by atoms with Crippen LogP contribution in [-0.2, 0) is 11.4 Å². The fraction of sp³-hybridized carbons (Fsp3) is 0.238. The van der Waals surface area contributed by atoms with Crippen LogP contribution in [0.1, 0.15) is 30.9 Å². The van der Waals surface area contributed by atoms with E-state index in [9.17, 15) is 14.0 Å². The number of halogens is 3. The molecule has 0 aliphatic carbocycles. The molecule has 0 radical (unpaired) electrons. The van der Waals surface area contributed by atoms with Crippen molar-refractivity contribution in [2.75, 3.05) is 6.54 Å². The van der Waals surface area contributed by atoms with Crippen LogP contribution < -0.4 is 4.74 Å². The molecule has 4 nitrogen and oxygen atoms in total. The Morgan fingerprint density at radius 1 is 1.14 bits per heavy atom. The van der Waals surface area contributed by atoms with Crippen LogP contribution in [0.3, 0.4) is 0 Å². The summed E-state index contributed by atoms with van der Waals surface area (Å²) in [5.41, 5.74) is 1.72. The Bertz CT molecular complexity index is 940. The number of carbonyl (C=O) groups excluding carboxylic acids is 2. The molecule has 0 atom stereocenters. The molecule has 0 unspecified atom stereocenters. The lowest BCUT2D eigenvalue weighted by Crippen LogP contribution is -2.29. The molecular formula is C21H18FI2NO3S. The highest BCUT2D eigenvalue weighted by Gasteiger charge is 2.34. The third-order valence-electron chi connectivity index (χ3n) is 4.22. The molecule has 0 saturated carbocycles. The van der Waals surface area contributed by atoms with Gasteiger partial charge in [0.25, 0.3) is 11.1 Å². The Labute approximate surface area is 200 Å². The van der Waals surface area contributed by atoms with Gasteiger partial charge in [-0.15, -0.1) is 0 Å². The lowest BCUT2D eigenvalue weighted by molar-refractivity contribution is -0.122. The lowest BCUT2D eigenvalue weighted by atomic mass is 10.2. The Morgan fingerprint density at radius 3 is 2.41 bits per heavy atom. The number of hydrogen-bond acceptors (Lipinski definition) is 4. The van der Waals surface area contributed by atoms with Crippen LogP contribution in [0.15, 0.2) is 41.3 Å². The first kappa shape index (κ1) is 22.5. The van der Waals surface area contributed by atoms with Gasteiger partial charge in [-0.05, 0) is 105 Å². The van der Waals surface area contributed by atoms with Crippen molar-refractivity contribution in [3.8, 4) is 5.75 Å². The smallest absolute Gasteiger partial charge is 0.293 e. The zero-order chi connectivity index (χ0) is 21.0. The third-order valence-corrected chi connectivity index (χ3v) is 6.73. The number of unbranched alkanes of at least 4 members (excludes halogenated alkanes) is 1. The summed E-state index contributed by atoms with van der Waals surface area (Å²) in [4.78, 5) is 26.4. The first-order chi connectivity index (χ1) is 13.9. The molecule has 0 spiro atoms. The van der Waals surface area contributed by atoms with Crippen molar-refractivity contribution in [3.05, 3.63) is 65.4 Å². The van der Waals surface area contributed by atoms with Gasteiger partial charge in [-0.25, -0.2) is 4.39 Å². The van der Waals surface area contributed by atoms with E-state index in [1.807, 2.05) is 19.1 Å². The van der Waals surface area contributed by atoms with Crippen molar-refractivity contribution in [2.45, 2.75) is 26.4 Å². The summed E-state index contributed by atoms with van der Waals surface area (Å²) in [6.07, 6.45) is 3.49. The van der Waals surface area contributed by atoms with Crippen LogP contribution >= 0.6 is 56.9 Å². The van der Waals surface area contributed by atoms with Gasteiger partial charge in [0.1, 0.15) is 18.2 Å². The topological polar surface area (TPSA) is 46.6 Å². The van der Waals surface area contributed by atoms with E-state index in [4.69, 9.17) is 4.74 Å². The highest BCUT2D eigenvalue weighted by Crippen LogP contribution is 2.35. The SMILES string of the molecule is CCCCN1C(=O)S/C(=C\c2cc(I)c(OCc3ccc(F)cc3)c(I)c2)C1=O. The van der Waals surface area contributed by atoms with Crippen LogP contribution in [0.2, 0.25) is 0 Å². The number of thioether (sulfide) groups is 1. The molecule has 1 fully saturated rings. The Hall–Kier alpha value is -1.14. The number of imide groups is 1. The van der Waals surface area contributed by atoms with Crippen LogP contribution in [0.25, 0.3) is 6.08 Å². The van der Waals surface area contributed by atoms with Gasteiger partial charge in [-0.1, -0.05) is 25.5 Å². The zero-order valence-electron chi connectivity index (χ0n) is 15.6. The zero-order valence-corrected chi connectivity index (χ0v) is 20.7. The van der Waals surface area contributed by atoms with Crippen molar-refractivity contribution < 1.29 is 18.7 Å². The Morgan fingerprint density at radius 2 is 1.79 bits per heavy atom. The van der Waals surface area contributed by atoms with E-state index in [-0.39, 0.29) is 17.0 Å². The van der Waals surface area contributed by atoms with Crippen molar-refractivity contribution in [1.29, 1.82) is 0 Å². The maximum atomic E-state index is 13.0. The number of benzene rings is 2. The van der Waals surface area contributed by atoms with Crippen molar-refractivity contribution >= 4 is 74.2 Å². The minimum atomic E-state index is -0.277.